The molecule has 2 saturated carbocycles. The summed E-state index contributed by atoms with van der Waals surface area (Å²) in [5, 5.41) is 14.7. The molecule has 4 amide bonds. The molecule has 1 saturated heterocycles. The lowest BCUT2D eigenvalue weighted by Crippen LogP contribution is -2.60. The molecule has 0 bridgehead atoms. The third kappa shape index (κ3) is 8.83. The third-order valence-electron chi connectivity index (χ3n) is 10.4. The Balaban J connectivity index is 1.56. The summed E-state index contributed by atoms with van der Waals surface area (Å²) in [6.45, 7) is 17.5. The van der Waals surface area contributed by atoms with E-state index in [0.717, 1.165) is 16.7 Å². The van der Waals surface area contributed by atoms with Crippen LogP contribution in [0.3, 0.4) is 0 Å². The number of nitrogens with zero attached hydrogens (tertiary/aromatic N) is 1. The van der Waals surface area contributed by atoms with Gasteiger partial charge in [-0.25, -0.2) is 13.2 Å². The monoisotopic (exact) mass is 764 g/mol. The van der Waals surface area contributed by atoms with Crippen LogP contribution in [0.25, 0.3) is 11.1 Å². The predicted molar refractivity (Wildman–Crippen MR) is 208 cm³/mol. The molecular formula is C40H52N4O7S2. The second-order valence-corrected chi connectivity index (χ2v) is 19.9. The van der Waals surface area contributed by atoms with E-state index < -0.39 is 72.8 Å². The van der Waals surface area contributed by atoms with Crippen LogP contribution in [0.1, 0.15) is 72.3 Å². The maximum atomic E-state index is 14.9. The fourth-order valence-electron chi connectivity index (χ4n) is 7.92. The van der Waals surface area contributed by atoms with E-state index in [9.17, 15) is 32.7 Å². The highest BCUT2D eigenvalue weighted by molar-refractivity contribution is 8.00. The molecule has 0 radical (unpaired) electrons. The summed E-state index contributed by atoms with van der Waals surface area (Å²) in [6.07, 6.45) is 3.59. The molecule has 2 aromatic carbocycles. The first-order chi connectivity index (χ1) is 24.8. The topological polar surface area (TPSA) is 162 Å². The van der Waals surface area contributed by atoms with Crippen LogP contribution in [0.4, 0.5) is 4.79 Å². The van der Waals surface area contributed by atoms with E-state index in [1.165, 1.54) is 22.7 Å². The molecule has 4 N–H and O–H groups in total. The smallest absolute Gasteiger partial charge is 0.405 e. The molecule has 53 heavy (non-hydrogen) atoms. The molecule has 2 aromatic rings. The van der Waals surface area contributed by atoms with Gasteiger partial charge >= 0.3 is 6.09 Å². The summed E-state index contributed by atoms with van der Waals surface area (Å²) in [6, 6.07) is 15.5. The number of likely N-dealkylation sites (tertiary alicyclic amines) is 1. The summed E-state index contributed by atoms with van der Waals surface area (Å²) < 4.78 is 26.9. The Kier molecular flexibility index (Phi) is 11.3. The number of hydrogen-bond donors (Lipinski definition) is 4. The third-order valence-corrected chi connectivity index (χ3v) is 13.7. The van der Waals surface area contributed by atoms with Crippen molar-refractivity contribution in [1.82, 2.24) is 20.3 Å². The van der Waals surface area contributed by atoms with Crippen LogP contribution in [-0.2, 0) is 29.2 Å². The molecule has 0 unspecified atom stereocenters. The van der Waals surface area contributed by atoms with Gasteiger partial charge in [0.25, 0.3) is 5.91 Å². The van der Waals surface area contributed by atoms with E-state index in [-0.39, 0.29) is 24.8 Å². The Morgan fingerprint density at radius 1 is 0.981 bits per heavy atom. The molecule has 0 aromatic heterocycles. The van der Waals surface area contributed by atoms with Crippen LogP contribution in [0.15, 0.2) is 79.9 Å². The number of rotatable bonds is 15. The van der Waals surface area contributed by atoms with Gasteiger partial charge in [-0.2, -0.15) is 0 Å². The minimum Gasteiger partial charge on any atom is -0.465 e. The summed E-state index contributed by atoms with van der Waals surface area (Å²) in [4.78, 5) is 56.8. The van der Waals surface area contributed by atoms with Crippen LogP contribution in [0, 0.1) is 16.7 Å². The van der Waals surface area contributed by atoms with E-state index in [4.69, 9.17) is 0 Å². The van der Waals surface area contributed by atoms with E-state index in [2.05, 4.69) is 28.5 Å². The maximum absolute atomic E-state index is 14.9. The number of thioether (sulfide) groups is 1. The zero-order valence-electron chi connectivity index (χ0n) is 31.2. The summed E-state index contributed by atoms with van der Waals surface area (Å²) in [5.74, 6) is -2.06. The molecule has 2 aliphatic carbocycles. The zero-order chi connectivity index (χ0) is 39.0. The molecule has 5 atom stereocenters. The van der Waals surface area contributed by atoms with Crippen molar-refractivity contribution >= 4 is 45.6 Å². The van der Waals surface area contributed by atoms with Crippen molar-refractivity contribution in [3.05, 3.63) is 85.5 Å². The first kappa shape index (κ1) is 40.1. The van der Waals surface area contributed by atoms with Crippen LogP contribution in [-0.4, -0.2) is 77.4 Å². The fourth-order valence-corrected chi connectivity index (χ4v) is 10.5. The highest BCUT2D eigenvalue weighted by Crippen LogP contribution is 2.50. The number of benzene rings is 2. The van der Waals surface area contributed by atoms with E-state index in [0.29, 0.717) is 25.0 Å². The molecule has 1 aliphatic heterocycles. The van der Waals surface area contributed by atoms with Crippen molar-refractivity contribution in [3.63, 3.8) is 0 Å². The van der Waals surface area contributed by atoms with Crippen molar-refractivity contribution in [2.45, 2.75) is 94.3 Å². The van der Waals surface area contributed by atoms with Gasteiger partial charge in [-0.15, -0.1) is 24.9 Å². The average molecular weight is 765 g/mol. The number of nitrogens with one attached hydrogen (secondary N) is 3. The number of sulfonamides is 1. The van der Waals surface area contributed by atoms with Crippen LogP contribution >= 0.6 is 11.8 Å². The zero-order valence-corrected chi connectivity index (χ0v) is 32.8. The van der Waals surface area contributed by atoms with Gasteiger partial charge in [0.1, 0.15) is 17.6 Å². The summed E-state index contributed by atoms with van der Waals surface area (Å²) in [5.41, 5.74) is 0.202. The number of amides is 4. The minimum atomic E-state index is -3.91. The highest BCUT2D eigenvalue weighted by atomic mass is 32.2. The number of hydrogen-bond acceptors (Lipinski definition) is 7. The van der Waals surface area contributed by atoms with Gasteiger partial charge in [0.2, 0.25) is 21.8 Å². The van der Waals surface area contributed by atoms with Crippen LogP contribution in [0.2, 0.25) is 0 Å². The summed E-state index contributed by atoms with van der Waals surface area (Å²) >= 11 is 1.53. The Labute approximate surface area is 317 Å². The largest absolute Gasteiger partial charge is 0.465 e. The minimum absolute atomic E-state index is 0.0661. The normalized spacial score (nSPS) is 24.8. The quantitative estimate of drug-likeness (QED) is 0.165. The molecule has 0 spiro atoms. The molecule has 3 aliphatic rings. The molecule has 3 fully saturated rings. The first-order valence-corrected chi connectivity index (χ1v) is 20.5. The molecule has 13 heteroatoms. The van der Waals surface area contributed by atoms with Gasteiger partial charge < -0.3 is 20.6 Å². The SMILES string of the molecule is C=CCS[C@@]1(c2ccc(-c3ccccc3)cc2)C[C@@H](C(=O)N[C@]2(C(=O)NS(=O)(=O)C3CC3)C[C@H]2C=C)N(C(=O)[C@@H](NC(=O)O)C(C)(C)CC(C)(C)C)C1. The molecule has 286 valence electrons. The standard InChI is InChI=1S/C40H52N4O7S2/c1-8-21-52-39(29-17-15-27(16-18-29)26-13-11-10-12-14-26)23-31(44(25-39)34(46)32(41-36(48)49)38(6,7)24-37(3,4)5)33(45)42-40(22-28(40)9-2)35(47)43-53(50,51)30-19-20-30/h8-18,28,30-32,41H,1-2,19-25H2,3-7H3,(H,42,45)(H,43,47)(H,48,49)/t28-,31+,32-,39+,40-/m1/s1. The second kappa shape index (κ2) is 15.0. The molecule has 1 heterocycles. The molecule has 11 nitrogen and oxygen atoms in total. The van der Waals surface area contributed by atoms with Crippen molar-refractivity contribution in [1.29, 1.82) is 0 Å². The molecule has 5 rings (SSSR count). The van der Waals surface area contributed by atoms with Gasteiger partial charge in [-0.1, -0.05) is 101 Å². The van der Waals surface area contributed by atoms with E-state index >= 15 is 0 Å². The average Bonchev–Trinajstić information content (AvgIpc) is 4.02. The van der Waals surface area contributed by atoms with Crippen molar-refractivity contribution in [2.75, 3.05) is 12.3 Å². The maximum Gasteiger partial charge on any atom is 0.405 e. The predicted octanol–water partition coefficient (Wildman–Crippen LogP) is 5.84. The van der Waals surface area contributed by atoms with Crippen molar-refractivity contribution < 1.29 is 32.7 Å². The van der Waals surface area contributed by atoms with E-state index in [1.54, 1.807) is 6.08 Å². The molecular weight excluding hydrogens is 713 g/mol. The van der Waals surface area contributed by atoms with Gasteiger partial charge in [0.05, 0.1) is 10.00 Å². The van der Waals surface area contributed by atoms with Crippen LogP contribution < -0.4 is 15.4 Å². The van der Waals surface area contributed by atoms with E-state index in [1.807, 2.05) is 89.2 Å². The van der Waals surface area contributed by atoms with Gasteiger partial charge in [-0.05, 0) is 59.6 Å². The number of carbonyl (C=O) groups is 4. The lowest BCUT2D eigenvalue weighted by Gasteiger charge is -2.40. The second-order valence-electron chi connectivity index (χ2n) is 16.5. The Morgan fingerprint density at radius 2 is 1.60 bits per heavy atom. The van der Waals surface area contributed by atoms with Gasteiger partial charge in [-0.3, -0.25) is 19.1 Å². The van der Waals surface area contributed by atoms with Crippen molar-refractivity contribution in [2.24, 2.45) is 16.7 Å². The fraction of sp³-hybridized carbons (Fsp3) is 0.500. The Bertz CT molecular complexity index is 1850. The summed E-state index contributed by atoms with van der Waals surface area (Å²) in [7, 11) is -3.91. The lowest BCUT2D eigenvalue weighted by atomic mass is 9.71. The Morgan fingerprint density at radius 3 is 2.13 bits per heavy atom. The Hall–Kier alpha value is -4.10. The van der Waals surface area contributed by atoms with Crippen LogP contribution in [0.5, 0.6) is 0 Å². The number of carbonyl (C=O) groups excluding carboxylic acids is 3. The lowest BCUT2D eigenvalue weighted by molar-refractivity contribution is -0.143. The number of carboxylic acid groups (broad SMARTS) is 1. The van der Waals surface area contributed by atoms with Crippen molar-refractivity contribution in [3.8, 4) is 11.1 Å². The highest BCUT2D eigenvalue weighted by Gasteiger charge is 2.62. The first-order valence-electron chi connectivity index (χ1n) is 18.0. The van der Waals surface area contributed by atoms with Gasteiger partial charge in [0.15, 0.2) is 0 Å². The van der Waals surface area contributed by atoms with Gasteiger partial charge in [0, 0.05) is 18.2 Å².